The van der Waals surface area contributed by atoms with E-state index in [2.05, 4.69) is 53.1 Å². The minimum absolute atomic E-state index is 0.0521. The second-order valence-electron chi connectivity index (χ2n) is 10.3. The molecule has 39 heavy (non-hydrogen) atoms. The summed E-state index contributed by atoms with van der Waals surface area (Å²) in [6, 6.07) is 18.1. The lowest BCUT2D eigenvalue weighted by atomic mass is 10.0. The van der Waals surface area contributed by atoms with Crippen LogP contribution in [0.4, 0.5) is 5.82 Å². The first kappa shape index (κ1) is 26.8. The van der Waals surface area contributed by atoms with Gasteiger partial charge in [-0.3, -0.25) is 5.32 Å². The van der Waals surface area contributed by atoms with E-state index < -0.39 is 0 Å². The molecule has 6 heteroatoms. The molecule has 6 nitrogen and oxygen atoms in total. The van der Waals surface area contributed by atoms with Crippen molar-refractivity contribution >= 4 is 17.3 Å². The van der Waals surface area contributed by atoms with Gasteiger partial charge in [0.2, 0.25) is 0 Å². The van der Waals surface area contributed by atoms with Crippen molar-refractivity contribution in [3.8, 4) is 5.75 Å². The van der Waals surface area contributed by atoms with Gasteiger partial charge in [0.05, 0.1) is 6.61 Å². The summed E-state index contributed by atoms with van der Waals surface area (Å²) in [5.41, 5.74) is 5.06. The molecule has 1 atom stereocenters. The van der Waals surface area contributed by atoms with Crippen LogP contribution in [0.3, 0.4) is 0 Å². The van der Waals surface area contributed by atoms with Crippen LogP contribution in [0.1, 0.15) is 65.8 Å². The number of hydrogen-bond donors (Lipinski definition) is 2. The number of rotatable bonds is 13. The molecule has 0 fully saturated rings. The van der Waals surface area contributed by atoms with Gasteiger partial charge in [-0.25, -0.2) is 9.78 Å². The Labute approximate surface area is 231 Å². The molecule has 2 aromatic carbocycles. The van der Waals surface area contributed by atoms with Crippen LogP contribution in [0, 0.1) is 0 Å². The van der Waals surface area contributed by atoms with Gasteiger partial charge in [0.1, 0.15) is 23.3 Å². The molecule has 0 radical (unpaired) electrons. The fraction of sp³-hybridized carbons (Fsp3) is 0.364. The number of benzene rings is 2. The predicted molar refractivity (Wildman–Crippen MR) is 156 cm³/mol. The third kappa shape index (κ3) is 7.01. The molecular formula is C33H39N4O2+. The number of unbranched alkanes of at least 4 members (excludes halogenated alkanes) is 3. The van der Waals surface area contributed by atoms with Crippen molar-refractivity contribution in [3.63, 3.8) is 0 Å². The molecular weight excluding hydrogens is 484 g/mol. The number of nitrogens with zero attached hydrogens (tertiary/aromatic N) is 2. The highest BCUT2D eigenvalue weighted by Gasteiger charge is 2.41. The summed E-state index contributed by atoms with van der Waals surface area (Å²) < 4.78 is 7.81. The van der Waals surface area contributed by atoms with E-state index in [-0.39, 0.29) is 11.9 Å². The largest absolute Gasteiger partial charge is 0.494 e. The van der Waals surface area contributed by atoms with E-state index in [0.29, 0.717) is 19.4 Å². The minimum Gasteiger partial charge on any atom is -0.494 e. The van der Waals surface area contributed by atoms with Crippen molar-refractivity contribution in [1.29, 1.82) is 0 Å². The standard InChI is InChI=1S/C33H38N4O2/c1-34-19-10-2-3-11-20-39-28-18-12-15-26(21-28)23-30-33(38)37-24-31(27-16-8-5-9-17-27)35-29(32(37)36-30)22-25-13-6-4-7-14-25/h4,6-8,12-18,21,24,30,34H,2-3,5,9-11,19-20,22-23H2,1H3/p+1. The van der Waals surface area contributed by atoms with Gasteiger partial charge in [-0.2, -0.15) is 4.57 Å². The Morgan fingerprint density at radius 1 is 1.03 bits per heavy atom. The Balaban J connectivity index is 1.29. The van der Waals surface area contributed by atoms with Crippen molar-refractivity contribution in [2.24, 2.45) is 0 Å². The maximum Gasteiger partial charge on any atom is 0.359 e. The number of fused-ring (bicyclic) bond motifs is 1. The molecule has 5 rings (SSSR count). The smallest absolute Gasteiger partial charge is 0.359 e. The van der Waals surface area contributed by atoms with Gasteiger partial charge >= 0.3 is 11.7 Å². The zero-order valence-corrected chi connectivity index (χ0v) is 22.9. The number of anilines is 1. The molecule has 0 amide bonds. The predicted octanol–water partition coefficient (Wildman–Crippen LogP) is 5.53. The highest BCUT2D eigenvalue weighted by Crippen LogP contribution is 2.26. The Morgan fingerprint density at radius 2 is 1.87 bits per heavy atom. The molecule has 3 aromatic rings. The number of nitrogens with one attached hydrogen (secondary N) is 2. The quantitative estimate of drug-likeness (QED) is 0.228. The summed E-state index contributed by atoms with van der Waals surface area (Å²) in [6.45, 7) is 1.78. The zero-order valence-electron chi connectivity index (χ0n) is 22.9. The zero-order chi connectivity index (χ0) is 26.9. The Hall–Kier alpha value is -3.77. The summed E-state index contributed by atoms with van der Waals surface area (Å²) in [6.07, 6.45) is 16.3. The average Bonchev–Trinajstić information content (AvgIpc) is 3.29. The first-order chi connectivity index (χ1) is 19.2. The van der Waals surface area contributed by atoms with Crippen LogP contribution in [-0.2, 0) is 12.8 Å². The minimum atomic E-state index is -0.352. The highest BCUT2D eigenvalue weighted by molar-refractivity contribution is 5.83. The molecule has 0 bridgehead atoms. The van der Waals surface area contributed by atoms with Crippen LogP contribution >= 0.6 is 0 Å². The van der Waals surface area contributed by atoms with Crippen LogP contribution in [0.15, 0.2) is 79.0 Å². The first-order valence-corrected chi connectivity index (χ1v) is 14.2. The molecule has 1 aliphatic heterocycles. The Bertz CT molecular complexity index is 1330. The van der Waals surface area contributed by atoms with Gasteiger partial charge in [-0.15, -0.1) is 0 Å². The van der Waals surface area contributed by atoms with Crippen molar-refractivity contribution in [2.75, 3.05) is 25.5 Å². The van der Waals surface area contributed by atoms with Crippen molar-refractivity contribution < 1.29 is 14.1 Å². The number of allylic oxidation sites excluding steroid dienone is 4. The van der Waals surface area contributed by atoms with E-state index in [0.717, 1.165) is 59.9 Å². The van der Waals surface area contributed by atoms with Crippen molar-refractivity contribution in [1.82, 2.24) is 10.3 Å². The number of carbonyl (C=O) groups is 1. The fourth-order valence-corrected chi connectivity index (χ4v) is 5.21. The first-order valence-electron chi connectivity index (χ1n) is 14.2. The van der Waals surface area contributed by atoms with Crippen molar-refractivity contribution in [2.45, 2.75) is 57.4 Å². The second kappa shape index (κ2) is 13.3. The van der Waals surface area contributed by atoms with Crippen LogP contribution in [0.25, 0.3) is 5.57 Å². The van der Waals surface area contributed by atoms with Crippen LogP contribution < -0.4 is 19.9 Å². The molecule has 1 unspecified atom stereocenters. The molecule has 202 valence electrons. The van der Waals surface area contributed by atoms with E-state index >= 15 is 0 Å². The lowest BCUT2D eigenvalue weighted by molar-refractivity contribution is -0.553. The van der Waals surface area contributed by atoms with Crippen LogP contribution in [-0.4, -0.2) is 37.1 Å². The normalized spacial score (nSPS) is 16.1. The lowest BCUT2D eigenvalue weighted by Crippen LogP contribution is -2.44. The maximum absolute atomic E-state index is 13.6. The number of aromatic nitrogens is 2. The highest BCUT2D eigenvalue weighted by atomic mass is 16.5. The van der Waals surface area contributed by atoms with Crippen LogP contribution in [0.5, 0.6) is 5.75 Å². The SMILES string of the molecule is CNCCCCCCOc1cccc(CC2Nc3c(Cc4ccccc4)nc(C4=CCCC=C4)c[n+]3C2=O)c1. The number of hydrogen-bond acceptors (Lipinski definition) is 5. The maximum atomic E-state index is 13.6. The van der Waals surface area contributed by atoms with E-state index in [1.54, 1.807) is 4.57 Å². The van der Waals surface area contributed by atoms with E-state index in [1.165, 1.54) is 24.8 Å². The molecule has 2 aliphatic rings. The summed E-state index contributed by atoms with van der Waals surface area (Å²) in [4.78, 5) is 18.7. The van der Waals surface area contributed by atoms with Gasteiger partial charge in [0, 0.05) is 12.8 Å². The van der Waals surface area contributed by atoms with Gasteiger partial charge in [0.25, 0.3) is 0 Å². The van der Waals surface area contributed by atoms with Gasteiger partial charge in [-0.05, 0) is 68.1 Å². The summed E-state index contributed by atoms with van der Waals surface area (Å²) in [5, 5.41) is 6.71. The second-order valence-corrected chi connectivity index (χ2v) is 10.3. The monoisotopic (exact) mass is 523 g/mol. The molecule has 2 N–H and O–H groups in total. The fourth-order valence-electron chi connectivity index (χ4n) is 5.21. The Morgan fingerprint density at radius 3 is 2.69 bits per heavy atom. The molecule has 0 saturated carbocycles. The van der Waals surface area contributed by atoms with E-state index in [4.69, 9.17) is 9.72 Å². The molecule has 2 heterocycles. The lowest BCUT2D eigenvalue weighted by Gasteiger charge is -2.09. The topological polar surface area (TPSA) is 67.1 Å². The molecule has 0 spiro atoms. The molecule has 1 aromatic heterocycles. The van der Waals surface area contributed by atoms with E-state index in [9.17, 15) is 4.79 Å². The van der Waals surface area contributed by atoms with Crippen LogP contribution in [0.2, 0.25) is 0 Å². The summed E-state index contributed by atoms with van der Waals surface area (Å²) in [5.74, 6) is 1.71. The van der Waals surface area contributed by atoms with Crippen molar-refractivity contribution in [3.05, 3.63) is 102 Å². The third-order valence-electron chi connectivity index (χ3n) is 7.30. The summed E-state index contributed by atoms with van der Waals surface area (Å²) in [7, 11) is 1.99. The Kier molecular flexibility index (Phi) is 9.17. The molecule has 0 saturated heterocycles. The average molecular weight is 524 g/mol. The van der Waals surface area contributed by atoms with Gasteiger partial charge in [-0.1, -0.05) is 73.5 Å². The molecule has 1 aliphatic carbocycles. The number of carbonyl (C=O) groups excluding carboxylic acids is 1. The third-order valence-corrected chi connectivity index (χ3v) is 7.30. The van der Waals surface area contributed by atoms with Gasteiger partial charge < -0.3 is 10.1 Å². The van der Waals surface area contributed by atoms with E-state index in [1.807, 2.05) is 43.6 Å². The number of ether oxygens (including phenoxy) is 1. The summed E-state index contributed by atoms with van der Waals surface area (Å²) >= 11 is 0. The van der Waals surface area contributed by atoms with Gasteiger partial charge in [0.15, 0.2) is 6.04 Å².